The van der Waals surface area contributed by atoms with Gasteiger partial charge < -0.3 is 34.4 Å². The fourth-order valence-electron chi connectivity index (χ4n) is 6.40. The van der Waals surface area contributed by atoms with Gasteiger partial charge in [-0.25, -0.2) is 4.98 Å². The number of phenolic OH excluding ortho intramolecular Hbond substituents is 1. The van der Waals surface area contributed by atoms with Crippen molar-refractivity contribution in [2.75, 3.05) is 32.5 Å². The van der Waals surface area contributed by atoms with Gasteiger partial charge in [-0.1, -0.05) is 403 Å². The number of fused-ring (bicyclic) bond motifs is 5. The third-order valence-electron chi connectivity index (χ3n) is 10.6. The minimum atomic E-state index is -0.243. The van der Waals surface area contributed by atoms with E-state index in [4.69, 9.17) is 26.7 Å². The lowest BCUT2D eigenvalue weighted by molar-refractivity contribution is -0.140. The van der Waals surface area contributed by atoms with Crippen molar-refractivity contribution in [1.82, 2.24) is 20.5 Å². The van der Waals surface area contributed by atoms with Crippen molar-refractivity contribution < 1.29 is 43.0 Å². The average molecular weight is 1680 g/mol. The molecule has 5 heterocycles. The lowest BCUT2D eigenvalue weighted by Crippen LogP contribution is -2.30. The minimum Gasteiger partial charge on any atom is -0.508 e. The number of hydrogen-bond donors (Lipinski definition) is 3. The molecule has 4 aliphatic rings. The fourth-order valence-corrected chi connectivity index (χ4v) is 7.89. The first-order chi connectivity index (χ1) is 46.4. The van der Waals surface area contributed by atoms with Crippen LogP contribution in [0.2, 0.25) is 0 Å². The van der Waals surface area contributed by atoms with Crippen LogP contribution in [0.1, 0.15) is 426 Å². The van der Waals surface area contributed by atoms with Gasteiger partial charge in [0.05, 0.1) is 43.4 Å². The molecular formula is C100H218N4O9S2. The molecule has 5 unspecified atom stereocenters. The Kier molecular flexibility index (Phi) is 257. The van der Waals surface area contributed by atoms with Crippen LogP contribution in [0.5, 0.6) is 5.75 Å². The maximum Gasteiger partial charge on any atom is 0.235 e. The highest BCUT2D eigenvalue weighted by Gasteiger charge is 2.59. The van der Waals surface area contributed by atoms with E-state index >= 15 is 0 Å². The third kappa shape index (κ3) is 135. The Morgan fingerprint density at radius 2 is 0.983 bits per heavy atom. The van der Waals surface area contributed by atoms with Crippen molar-refractivity contribution >= 4 is 51.0 Å². The molecule has 3 N–H and O–H groups in total. The number of ether oxygens (including phenoxy) is 2. The van der Waals surface area contributed by atoms with E-state index in [9.17, 15) is 29.1 Å². The second-order valence-corrected chi connectivity index (χ2v) is 24.5. The molecule has 3 aromatic rings. The Balaban J connectivity index is -0.0000000292. The highest BCUT2D eigenvalue weighted by Crippen LogP contribution is 2.44. The number of aromatic nitrogens is 1. The number of nitrogens with one attached hydrogen (secondary N) is 2. The van der Waals surface area contributed by atoms with Crippen LogP contribution in [0.15, 0.2) is 82.6 Å². The van der Waals surface area contributed by atoms with E-state index in [1.54, 1.807) is 38.0 Å². The molecule has 5 atom stereocenters. The summed E-state index contributed by atoms with van der Waals surface area (Å²) in [6, 6.07) is 15.6. The summed E-state index contributed by atoms with van der Waals surface area (Å²) in [7, 11) is 5.09. The topological polar surface area (TPSA) is 177 Å². The van der Waals surface area contributed by atoms with Crippen LogP contribution in [0.4, 0.5) is 0 Å². The van der Waals surface area contributed by atoms with Crippen LogP contribution in [0, 0.1) is 55.3 Å². The van der Waals surface area contributed by atoms with Crippen molar-refractivity contribution in [2.45, 2.75) is 452 Å². The maximum absolute atomic E-state index is 11.6. The highest BCUT2D eigenvalue weighted by atomic mass is 33.1. The van der Waals surface area contributed by atoms with Crippen LogP contribution >= 0.6 is 21.6 Å². The summed E-state index contributed by atoms with van der Waals surface area (Å²) >= 11 is 0. The molecule has 3 aliphatic heterocycles. The third-order valence-corrected chi connectivity index (χ3v) is 13.0. The van der Waals surface area contributed by atoms with Gasteiger partial charge >= 0.3 is 0 Å². The summed E-state index contributed by atoms with van der Waals surface area (Å²) in [6.07, 6.45) is 37.6. The van der Waals surface area contributed by atoms with E-state index in [1.807, 2.05) is 105 Å². The molecule has 0 spiro atoms. The zero-order valence-corrected chi connectivity index (χ0v) is 68.3. The number of nitrogens with zero attached hydrogens (tertiary/aromatic N) is 2. The van der Waals surface area contributed by atoms with Crippen LogP contribution in [0.25, 0.3) is 0 Å². The molecular weight excluding hydrogens is 1470 g/mol. The largest absolute Gasteiger partial charge is 0.508 e. The molecule has 15 heteroatoms. The summed E-state index contributed by atoms with van der Waals surface area (Å²) < 4.78 is 15.9. The summed E-state index contributed by atoms with van der Waals surface area (Å²) in [4.78, 5) is 59.3. The van der Waals surface area contributed by atoms with Crippen molar-refractivity contribution in [3.8, 4) is 42.3 Å². The quantitative estimate of drug-likeness (QED) is 0.0640. The number of benzene rings is 1. The number of pyridine rings is 1. The molecule has 13 nitrogen and oxygen atoms in total. The minimum absolute atomic E-state index is 0. The van der Waals surface area contributed by atoms with Crippen LogP contribution in [0.3, 0.4) is 0 Å². The van der Waals surface area contributed by atoms with Crippen LogP contribution < -0.4 is 10.6 Å². The van der Waals surface area contributed by atoms with E-state index in [1.165, 1.54) is 81.1 Å². The number of imide groups is 1. The molecule has 704 valence electrons. The Hall–Kier alpha value is -5.76. The fraction of sp³-hybridized carbons (Fsp3) is 0.720. The lowest BCUT2D eigenvalue weighted by atomic mass is 9.85. The number of carbonyl (C=O) groups excluding carboxylic acids is 5. The number of phenols is 1. The van der Waals surface area contributed by atoms with Crippen molar-refractivity contribution in [2.24, 2.45) is 11.8 Å². The zero-order chi connectivity index (χ0) is 76.5. The molecule has 7 rings (SSSR count). The van der Waals surface area contributed by atoms with Gasteiger partial charge in [0.1, 0.15) is 28.4 Å². The van der Waals surface area contributed by atoms with E-state index in [0.29, 0.717) is 38.1 Å². The normalized spacial score (nSPS) is 12.6. The molecule has 2 saturated heterocycles. The van der Waals surface area contributed by atoms with Crippen molar-refractivity contribution in [3.63, 3.8) is 0 Å². The number of likely N-dealkylation sites (tertiary alicyclic amines) is 1. The average Bonchev–Trinajstić information content (AvgIpc) is 1.58. The van der Waals surface area contributed by atoms with Crippen LogP contribution in [-0.4, -0.2) is 95.2 Å². The molecule has 0 radical (unpaired) electrons. The standard InChI is InChI=1S/C10H16O.C9H9NO3.C9H12O.C7H11NO.C7H9NS2.C6H9NO.C6H8O.C4H8O.8C3H8.18CH4/c1-2-11-10-8-6-4-3-5-7-9-10;1-10-8(11)6-4-2-3-5(13-4)7(6)9(10)12;1-3-8-5-4-7(2)9(10)6-8;1-3-5-7(9)8-6-4-2;1-2-9-10-7-5-3-4-6-8-7;1-3-5-7-6(8)4-2;1-2-6-4-3-5-7-6;1-3-4(2)5;8*1-3-2;;;;;;;;;;;;;;;;;;/h10H,2-6,8H2,1H3;2-7H,1H3;4-6,10H,3H2,1-2H3;2H,3,5-6H2,1H3,(H,8,9);3-6H,2H2,1H3;1H,4-5H2,2H3,(H,7,8);3-5H,2H2,1H3;3H2,1-2H3;8*3H2,1-2H3;18*1H4. The van der Waals surface area contributed by atoms with Gasteiger partial charge in [0.25, 0.3) is 0 Å². The summed E-state index contributed by atoms with van der Waals surface area (Å²) in [5.74, 6) is 13.1. The molecule has 4 amide bonds. The smallest absolute Gasteiger partial charge is 0.235 e. The summed E-state index contributed by atoms with van der Waals surface area (Å²) in [6.45, 7) is 52.9. The number of terminal acetylenes is 2. The van der Waals surface area contributed by atoms with Gasteiger partial charge in [0, 0.05) is 57.7 Å². The van der Waals surface area contributed by atoms with Gasteiger partial charge in [-0.3, -0.25) is 24.1 Å². The number of carbonyl (C=O) groups is 5. The number of furan rings is 1. The van der Waals surface area contributed by atoms with Crippen molar-refractivity contribution in [1.29, 1.82) is 0 Å². The molecule has 0 saturated carbocycles. The first-order valence-electron chi connectivity index (χ1n) is 36.6. The molecule has 1 aliphatic carbocycles. The number of ketones is 1. The predicted octanol–water partition coefficient (Wildman–Crippen LogP) is 33.3. The Morgan fingerprint density at radius 3 is 1.28 bits per heavy atom. The SMILES string of the molecule is C.C.C.C.C.C.C.C.C.C.C.C.C.C.C.C.C.C.C#CCNC(=O)CC.C#CCNC(=O)CCC.CCC.CCC.CCC.CCC.CCC.CCC.CCC.CCC.CCC(C)=O.CCOC1C#CCCCCC1.CCSSc1ccccn1.CCc1ccc(C)c(O)c1.CCc1ccco1.CN1C(=O)C2C3C=CC(O3)C2C1=O. The number of amides is 4. The van der Waals surface area contributed by atoms with Crippen LogP contribution in [-0.2, 0) is 46.3 Å². The second kappa shape index (κ2) is 156. The van der Waals surface area contributed by atoms with Gasteiger partial charge in [-0.05, 0) is 105 Å². The van der Waals surface area contributed by atoms with E-state index < -0.39 is 0 Å². The molecule has 1 aromatic carbocycles. The second-order valence-electron chi connectivity index (χ2n) is 21.9. The highest BCUT2D eigenvalue weighted by molar-refractivity contribution is 8.76. The van der Waals surface area contributed by atoms with E-state index in [-0.39, 0.29) is 193 Å². The number of hydrogen-bond acceptors (Lipinski definition) is 12. The summed E-state index contributed by atoms with van der Waals surface area (Å²) in [5, 5.41) is 15.4. The first-order valence-corrected chi connectivity index (χ1v) is 38.9. The molecule has 115 heavy (non-hydrogen) atoms. The Labute approximate surface area is 738 Å². The zero-order valence-electron chi connectivity index (χ0n) is 66.7. The number of aromatic hydroxyl groups is 1. The Morgan fingerprint density at radius 1 is 0.574 bits per heavy atom. The van der Waals surface area contributed by atoms with E-state index in [2.05, 4.69) is 171 Å². The number of aryl methyl sites for hydroxylation is 3. The summed E-state index contributed by atoms with van der Waals surface area (Å²) in [5.41, 5.74) is 2.13. The van der Waals surface area contributed by atoms with Gasteiger partial charge in [0.2, 0.25) is 23.6 Å². The predicted molar refractivity (Wildman–Crippen MR) is 546 cm³/mol. The molecule has 2 bridgehead atoms. The lowest BCUT2D eigenvalue weighted by Gasteiger charge is -2.11. The van der Waals surface area contributed by atoms with Gasteiger partial charge in [-0.2, -0.15) is 0 Å². The maximum atomic E-state index is 11.6. The molecule has 2 fully saturated rings. The number of rotatable bonds is 13. The monoisotopic (exact) mass is 1680 g/mol. The van der Waals surface area contributed by atoms with Gasteiger partial charge in [-0.15, -0.1) is 18.8 Å². The van der Waals surface area contributed by atoms with Crippen molar-refractivity contribution in [3.05, 3.63) is 90.0 Å². The Bertz CT molecular complexity index is 2290. The number of Topliss-reactive ketones (excluding diaryl/α,β-unsaturated/α-hetero) is 1. The van der Waals surface area contributed by atoms with E-state index in [0.717, 1.165) is 60.8 Å². The molecule has 2 aromatic heterocycles. The first kappa shape index (κ1) is 189. The van der Waals surface area contributed by atoms with Gasteiger partial charge in [0.15, 0.2) is 0 Å².